The third-order valence-electron chi connectivity index (χ3n) is 6.87. The Balaban J connectivity index is 0.000000112. The zero-order valence-corrected chi connectivity index (χ0v) is 20.9. The van der Waals surface area contributed by atoms with Crippen molar-refractivity contribution in [3.05, 3.63) is 149 Å². The molecule has 0 bridgehead atoms. The molecule has 0 spiro atoms. The van der Waals surface area contributed by atoms with Crippen LogP contribution in [0.5, 0.6) is 0 Å². The molecule has 3 aliphatic carbocycles. The Morgan fingerprint density at radius 2 is 0.743 bits per heavy atom. The number of hydrogen-bond donors (Lipinski definition) is 0. The molecule has 0 heterocycles. The number of allylic oxidation sites excluding steroid dienone is 1. The van der Waals surface area contributed by atoms with E-state index in [2.05, 4.69) is 84.9 Å². The minimum Gasteiger partial charge on any atom is -0.0836 e. The van der Waals surface area contributed by atoms with E-state index in [0.29, 0.717) is 0 Å². The Bertz CT molecular complexity index is 1090. The first-order chi connectivity index (χ1) is 17.4. The largest absolute Gasteiger partial charge is 0.0836 e. The lowest BCUT2D eigenvalue weighted by molar-refractivity contribution is 0.685. The fourth-order valence-corrected chi connectivity index (χ4v) is 4.95. The van der Waals surface area contributed by atoms with Crippen LogP contribution in [0.2, 0.25) is 0 Å². The van der Waals surface area contributed by atoms with Crippen molar-refractivity contribution in [1.82, 2.24) is 0 Å². The van der Waals surface area contributed by atoms with E-state index in [1.165, 1.54) is 68.9 Å². The summed E-state index contributed by atoms with van der Waals surface area (Å²) in [5, 5.41) is 0. The van der Waals surface area contributed by atoms with E-state index in [0.717, 1.165) is 0 Å². The summed E-state index contributed by atoms with van der Waals surface area (Å²) in [5.74, 6) is 0. The predicted octanol–water partition coefficient (Wildman–Crippen LogP) is 9.07. The van der Waals surface area contributed by atoms with Crippen molar-refractivity contribution in [2.24, 2.45) is 0 Å². The van der Waals surface area contributed by atoms with Gasteiger partial charge in [0.15, 0.2) is 0 Å². The van der Waals surface area contributed by atoms with Gasteiger partial charge in [-0.05, 0) is 91.2 Å². The summed E-state index contributed by atoms with van der Waals surface area (Å²) < 4.78 is 0. The third kappa shape index (κ3) is 8.11. The van der Waals surface area contributed by atoms with Gasteiger partial charge in [-0.1, -0.05) is 121 Å². The number of fused-ring (bicyclic) bond motifs is 3. The molecule has 0 aromatic heterocycles. The fourth-order valence-electron chi connectivity index (χ4n) is 4.95. The molecule has 0 aliphatic heterocycles. The van der Waals surface area contributed by atoms with Crippen molar-refractivity contribution in [3.63, 3.8) is 0 Å². The van der Waals surface area contributed by atoms with Crippen LogP contribution < -0.4 is 0 Å². The van der Waals surface area contributed by atoms with E-state index >= 15 is 0 Å². The van der Waals surface area contributed by atoms with Gasteiger partial charge in [0, 0.05) is 0 Å². The first-order valence-corrected chi connectivity index (χ1v) is 13.3. The maximum absolute atomic E-state index is 2.26. The first-order valence-electron chi connectivity index (χ1n) is 13.3. The van der Waals surface area contributed by atoms with Crippen LogP contribution in [-0.4, -0.2) is 0 Å². The summed E-state index contributed by atoms with van der Waals surface area (Å²) in [6.45, 7) is 0. The molecule has 178 valence electrons. The average Bonchev–Trinajstić information content (AvgIpc) is 3.44. The second-order valence-electron chi connectivity index (χ2n) is 9.39. The highest BCUT2D eigenvalue weighted by Crippen LogP contribution is 2.21. The van der Waals surface area contributed by atoms with E-state index in [1.54, 1.807) is 22.3 Å². The monoisotopic (exact) mass is 458 g/mol. The molecular formula is C35H38. The van der Waals surface area contributed by atoms with Crippen LogP contribution in [0.1, 0.15) is 59.1 Å². The molecule has 0 N–H and O–H groups in total. The van der Waals surface area contributed by atoms with Crippen molar-refractivity contribution in [1.29, 1.82) is 0 Å². The smallest absolute Gasteiger partial charge is 0.0228 e. The minimum atomic E-state index is 1.21. The van der Waals surface area contributed by atoms with Crippen LogP contribution in [0.3, 0.4) is 0 Å². The zero-order valence-electron chi connectivity index (χ0n) is 20.9. The normalized spacial score (nSPS) is 14.3. The molecule has 0 unspecified atom stereocenters. The van der Waals surface area contributed by atoms with Gasteiger partial charge < -0.3 is 0 Å². The van der Waals surface area contributed by atoms with Gasteiger partial charge in [-0.2, -0.15) is 0 Å². The van der Waals surface area contributed by atoms with Gasteiger partial charge in [-0.25, -0.2) is 0 Å². The molecule has 4 aromatic rings. The summed E-state index contributed by atoms with van der Waals surface area (Å²) in [6, 6.07) is 38.1. The molecule has 0 radical (unpaired) electrons. The van der Waals surface area contributed by atoms with Crippen molar-refractivity contribution >= 4 is 6.08 Å². The maximum atomic E-state index is 2.26. The quantitative estimate of drug-likeness (QED) is 0.246. The van der Waals surface area contributed by atoms with Crippen molar-refractivity contribution in [2.45, 2.75) is 57.8 Å². The van der Waals surface area contributed by atoms with Crippen LogP contribution in [0.4, 0.5) is 0 Å². The van der Waals surface area contributed by atoms with Gasteiger partial charge in [0.05, 0.1) is 0 Å². The molecule has 0 amide bonds. The molecule has 35 heavy (non-hydrogen) atoms. The molecule has 0 saturated heterocycles. The molecule has 0 heteroatoms. The summed E-state index contributed by atoms with van der Waals surface area (Å²) in [4.78, 5) is 0. The third-order valence-corrected chi connectivity index (χ3v) is 6.87. The van der Waals surface area contributed by atoms with Gasteiger partial charge in [0.1, 0.15) is 0 Å². The fraction of sp³-hybridized carbons (Fsp3) is 0.257. The Hall–Kier alpha value is -3.38. The van der Waals surface area contributed by atoms with Crippen LogP contribution in [0, 0.1) is 0 Å². The maximum Gasteiger partial charge on any atom is -0.0228 e. The molecule has 0 saturated carbocycles. The van der Waals surface area contributed by atoms with Gasteiger partial charge in [0.2, 0.25) is 0 Å². The minimum absolute atomic E-state index is 1.21. The summed E-state index contributed by atoms with van der Waals surface area (Å²) >= 11 is 0. The molecule has 0 fully saturated rings. The van der Waals surface area contributed by atoms with E-state index in [9.17, 15) is 0 Å². The van der Waals surface area contributed by atoms with Crippen molar-refractivity contribution in [3.8, 4) is 0 Å². The summed E-state index contributed by atoms with van der Waals surface area (Å²) in [7, 11) is 0. The SMILES string of the molecule is C1=Cc2ccccc2CC1.c1ccc2c(c1)CCC2.c1ccc2c(c1)CCCC2.c1ccccc1. The van der Waals surface area contributed by atoms with Gasteiger partial charge in [-0.15, -0.1) is 0 Å². The average molecular weight is 459 g/mol. The van der Waals surface area contributed by atoms with Gasteiger partial charge in [0.25, 0.3) is 0 Å². The van der Waals surface area contributed by atoms with Gasteiger partial charge >= 0.3 is 0 Å². The lowest BCUT2D eigenvalue weighted by atomic mass is 9.92. The van der Waals surface area contributed by atoms with Gasteiger partial charge in [-0.3, -0.25) is 0 Å². The second kappa shape index (κ2) is 14.1. The van der Waals surface area contributed by atoms with Crippen molar-refractivity contribution < 1.29 is 0 Å². The van der Waals surface area contributed by atoms with Crippen LogP contribution >= 0.6 is 0 Å². The van der Waals surface area contributed by atoms with Crippen LogP contribution in [-0.2, 0) is 32.1 Å². The topological polar surface area (TPSA) is 0 Å². The molecular weight excluding hydrogens is 420 g/mol. The van der Waals surface area contributed by atoms with Crippen LogP contribution in [0.15, 0.2) is 115 Å². The Kier molecular flexibility index (Phi) is 9.98. The number of aryl methyl sites for hydroxylation is 5. The summed E-state index contributed by atoms with van der Waals surface area (Å²) in [5.41, 5.74) is 9.18. The van der Waals surface area contributed by atoms with E-state index in [-0.39, 0.29) is 0 Å². The lowest BCUT2D eigenvalue weighted by Crippen LogP contribution is -2.00. The predicted molar refractivity (Wildman–Crippen MR) is 152 cm³/mol. The second-order valence-corrected chi connectivity index (χ2v) is 9.39. The Labute approximate surface area is 212 Å². The number of rotatable bonds is 0. The molecule has 4 aromatic carbocycles. The van der Waals surface area contributed by atoms with Crippen LogP contribution in [0.25, 0.3) is 6.08 Å². The van der Waals surface area contributed by atoms with E-state index < -0.39 is 0 Å². The molecule has 3 aliphatic rings. The van der Waals surface area contributed by atoms with E-state index in [4.69, 9.17) is 0 Å². The number of benzene rings is 4. The first kappa shape index (κ1) is 24.7. The number of hydrogen-bond acceptors (Lipinski definition) is 0. The lowest BCUT2D eigenvalue weighted by Gasteiger charge is -2.13. The Morgan fingerprint density at radius 1 is 0.343 bits per heavy atom. The summed E-state index contributed by atoms with van der Waals surface area (Å²) in [6.07, 6.45) is 16.2. The highest BCUT2D eigenvalue weighted by atomic mass is 14.1. The molecule has 0 atom stereocenters. The highest BCUT2D eigenvalue weighted by molar-refractivity contribution is 5.55. The van der Waals surface area contributed by atoms with E-state index in [1.807, 2.05) is 36.4 Å². The standard InChI is InChI=1S/C10H12.C10H10.C9H10.C6H6/c2*1-2-6-10-8-4-3-7-9(10)5-1;1-2-5-9-7-3-6-8(9)4-1;1-2-4-6-5-3-1/h1-2,5-6H,3-4,7-8H2;1-3,5-7H,4,8H2;1-2,4-5H,3,6-7H2;1-6H. The Morgan fingerprint density at radius 3 is 1.20 bits per heavy atom. The highest BCUT2D eigenvalue weighted by Gasteiger charge is 2.07. The zero-order chi connectivity index (χ0) is 24.0. The van der Waals surface area contributed by atoms with Crippen molar-refractivity contribution in [2.75, 3.05) is 0 Å². The molecule has 0 nitrogen and oxygen atoms in total. The molecule has 7 rings (SSSR count).